The zero-order chi connectivity index (χ0) is 17.8. The van der Waals surface area contributed by atoms with Crippen LogP contribution in [0.5, 0.6) is 11.6 Å². The summed E-state index contributed by atoms with van der Waals surface area (Å²) in [4.78, 5) is 22.7. The number of primary amides is 1. The van der Waals surface area contributed by atoms with Gasteiger partial charge in [-0.2, -0.15) is 0 Å². The fourth-order valence-corrected chi connectivity index (χ4v) is 3.03. The van der Waals surface area contributed by atoms with Crippen LogP contribution in [0, 0.1) is 13.3 Å². The second-order valence-corrected chi connectivity index (χ2v) is 6.08. The third-order valence-electron chi connectivity index (χ3n) is 4.40. The summed E-state index contributed by atoms with van der Waals surface area (Å²) < 4.78 is 11.1. The lowest BCUT2D eigenvalue weighted by molar-refractivity contribution is -0.123. The van der Waals surface area contributed by atoms with Crippen molar-refractivity contribution in [2.45, 2.75) is 25.8 Å². The van der Waals surface area contributed by atoms with Crippen molar-refractivity contribution in [1.29, 1.82) is 0 Å². The van der Waals surface area contributed by atoms with Gasteiger partial charge in [-0.05, 0) is 44.9 Å². The quantitative estimate of drug-likeness (QED) is 0.854. The predicted molar refractivity (Wildman–Crippen MR) is 94.4 cm³/mol. The molecule has 0 bridgehead atoms. The molecule has 0 spiro atoms. The third kappa shape index (κ3) is 3.99. The molecule has 25 heavy (non-hydrogen) atoms. The molecule has 1 radical (unpaired) electrons. The summed E-state index contributed by atoms with van der Waals surface area (Å²) in [6.45, 7) is 3.73. The topological polar surface area (TPSA) is 90.6 Å². The predicted octanol–water partition coefficient (Wildman–Crippen LogP) is 1.48. The van der Waals surface area contributed by atoms with Gasteiger partial charge >= 0.3 is 0 Å². The minimum Gasteiger partial charge on any atom is -0.497 e. The van der Waals surface area contributed by atoms with Gasteiger partial charge in [-0.1, -0.05) is 0 Å². The Morgan fingerprint density at radius 2 is 2.20 bits per heavy atom. The molecule has 0 saturated carbocycles. The maximum absolute atomic E-state index is 11.5. The summed E-state index contributed by atoms with van der Waals surface area (Å²) in [6, 6.07) is 5.32. The van der Waals surface area contributed by atoms with Crippen molar-refractivity contribution in [1.82, 2.24) is 14.9 Å². The van der Waals surface area contributed by atoms with Crippen LogP contribution in [-0.2, 0) is 4.79 Å². The number of aromatic nitrogens is 2. The molecule has 1 unspecified atom stereocenters. The zero-order valence-electron chi connectivity index (χ0n) is 14.6. The Bertz CT molecular complexity index is 765. The molecule has 1 amide bonds. The van der Waals surface area contributed by atoms with E-state index in [2.05, 4.69) is 21.3 Å². The smallest absolute Gasteiger partial charge is 0.235 e. The Labute approximate surface area is 147 Å². The largest absolute Gasteiger partial charge is 0.497 e. The highest BCUT2D eigenvalue weighted by Crippen LogP contribution is 2.22. The van der Waals surface area contributed by atoms with Crippen LogP contribution in [0.3, 0.4) is 0 Å². The van der Waals surface area contributed by atoms with E-state index in [1.165, 1.54) is 0 Å². The van der Waals surface area contributed by atoms with Crippen molar-refractivity contribution in [3.05, 3.63) is 30.3 Å². The number of carbonyl (C=O) groups is 1. The number of ether oxygens (including phenoxy) is 2. The van der Waals surface area contributed by atoms with E-state index < -0.39 is 0 Å². The average Bonchev–Trinajstić information content (AvgIpc) is 2.62. The highest BCUT2D eigenvalue weighted by atomic mass is 16.5. The number of carbonyl (C=O) groups excluding carboxylic acids is 1. The molecule has 0 aliphatic carbocycles. The normalized spacial score (nSPS) is 18.2. The molecular formula is C18H23N4O3. The van der Waals surface area contributed by atoms with E-state index in [-0.39, 0.29) is 11.9 Å². The molecule has 1 saturated heterocycles. The number of hydrogen-bond donors (Lipinski definition) is 1. The molecule has 1 aromatic carbocycles. The fourth-order valence-electron chi connectivity index (χ4n) is 3.03. The van der Waals surface area contributed by atoms with Gasteiger partial charge in [0, 0.05) is 12.6 Å². The van der Waals surface area contributed by atoms with E-state index in [1.807, 2.05) is 25.1 Å². The summed E-state index contributed by atoms with van der Waals surface area (Å²) in [7, 11) is 1.62. The number of rotatable bonds is 6. The van der Waals surface area contributed by atoms with Crippen molar-refractivity contribution in [3.63, 3.8) is 0 Å². The Kier molecular flexibility index (Phi) is 5.33. The number of aryl methyl sites for hydroxylation is 1. The molecule has 133 valence electrons. The van der Waals surface area contributed by atoms with Crippen LogP contribution < -0.4 is 15.2 Å². The first-order valence-electron chi connectivity index (χ1n) is 8.38. The van der Waals surface area contributed by atoms with Gasteiger partial charge < -0.3 is 15.2 Å². The number of hydrogen-bond acceptors (Lipinski definition) is 6. The number of methoxy groups -OCH3 is 1. The first-order valence-corrected chi connectivity index (χ1v) is 8.38. The van der Waals surface area contributed by atoms with Crippen molar-refractivity contribution in [2.75, 3.05) is 26.8 Å². The highest BCUT2D eigenvalue weighted by Gasteiger charge is 2.26. The molecule has 7 nitrogen and oxygen atoms in total. The maximum Gasteiger partial charge on any atom is 0.235 e. The van der Waals surface area contributed by atoms with E-state index in [4.69, 9.17) is 15.2 Å². The Balaban J connectivity index is 1.68. The second-order valence-electron chi connectivity index (χ2n) is 6.08. The Morgan fingerprint density at radius 1 is 1.36 bits per heavy atom. The van der Waals surface area contributed by atoms with Crippen molar-refractivity contribution >= 4 is 16.9 Å². The van der Waals surface area contributed by atoms with Gasteiger partial charge in [0.2, 0.25) is 11.8 Å². The number of likely N-dealkylation sites (tertiary alicyclic amines) is 1. The lowest BCUT2D eigenvalue weighted by atomic mass is 10.0. The molecular weight excluding hydrogens is 320 g/mol. The van der Waals surface area contributed by atoms with Crippen LogP contribution in [0.25, 0.3) is 11.0 Å². The van der Waals surface area contributed by atoms with Gasteiger partial charge in [0.25, 0.3) is 0 Å². The molecule has 1 aromatic heterocycles. The number of nitrogens with two attached hydrogens (primary N) is 1. The zero-order valence-corrected chi connectivity index (χ0v) is 14.6. The second kappa shape index (κ2) is 7.65. The molecule has 1 aliphatic heterocycles. The van der Waals surface area contributed by atoms with Gasteiger partial charge in [0.1, 0.15) is 18.1 Å². The van der Waals surface area contributed by atoms with E-state index in [0.29, 0.717) is 25.5 Å². The van der Waals surface area contributed by atoms with Gasteiger partial charge in [-0.15, -0.1) is 0 Å². The maximum atomic E-state index is 11.5. The summed E-state index contributed by atoms with van der Waals surface area (Å²) in [5.41, 5.74) is 7.73. The van der Waals surface area contributed by atoms with Crippen molar-refractivity contribution in [3.8, 4) is 11.6 Å². The fraction of sp³-hybridized carbons (Fsp3) is 0.444. The monoisotopic (exact) mass is 343 g/mol. The van der Waals surface area contributed by atoms with Crippen LogP contribution >= 0.6 is 0 Å². The van der Waals surface area contributed by atoms with E-state index in [9.17, 15) is 4.79 Å². The lowest BCUT2D eigenvalue weighted by Crippen LogP contribution is -2.49. The van der Waals surface area contributed by atoms with Crippen LogP contribution in [-0.4, -0.2) is 53.6 Å². The van der Waals surface area contributed by atoms with E-state index in [1.54, 1.807) is 7.11 Å². The minimum absolute atomic E-state index is 0.245. The first-order chi connectivity index (χ1) is 12.1. The number of nitrogens with zero attached hydrogens (tertiary/aromatic N) is 3. The number of fused-ring (bicyclic) bond motifs is 1. The molecule has 3 rings (SSSR count). The molecule has 1 aliphatic rings. The summed E-state index contributed by atoms with van der Waals surface area (Å²) in [5.74, 6) is 0.940. The Morgan fingerprint density at radius 3 is 2.96 bits per heavy atom. The first kappa shape index (κ1) is 17.4. The molecule has 1 fully saturated rings. The minimum atomic E-state index is -0.287. The number of benzene rings is 1. The molecule has 2 N–H and O–H groups in total. The van der Waals surface area contributed by atoms with Gasteiger partial charge in [-0.3, -0.25) is 9.69 Å². The van der Waals surface area contributed by atoms with Gasteiger partial charge in [0.05, 0.1) is 24.2 Å². The number of piperidine rings is 1. The lowest BCUT2D eigenvalue weighted by Gasteiger charge is -2.33. The van der Waals surface area contributed by atoms with Crippen LogP contribution in [0.15, 0.2) is 18.2 Å². The van der Waals surface area contributed by atoms with Crippen LogP contribution in [0.2, 0.25) is 0 Å². The van der Waals surface area contributed by atoms with Crippen molar-refractivity contribution in [2.24, 2.45) is 5.73 Å². The molecule has 2 aromatic rings. The Hall–Kier alpha value is -2.41. The average molecular weight is 343 g/mol. The molecule has 7 heteroatoms. The molecule has 2 heterocycles. The van der Waals surface area contributed by atoms with Crippen LogP contribution in [0.1, 0.15) is 18.5 Å². The summed E-state index contributed by atoms with van der Waals surface area (Å²) >= 11 is 0. The highest BCUT2D eigenvalue weighted by molar-refractivity contribution is 5.80. The third-order valence-corrected chi connectivity index (χ3v) is 4.40. The van der Waals surface area contributed by atoms with Gasteiger partial charge in [-0.25, -0.2) is 9.97 Å². The van der Waals surface area contributed by atoms with E-state index in [0.717, 1.165) is 35.4 Å². The molecule has 1 atom stereocenters. The van der Waals surface area contributed by atoms with Crippen LogP contribution in [0.4, 0.5) is 0 Å². The summed E-state index contributed by atoms with van der Waals surface area (Å²) in [6.07, 6.45) is 3.77. The SMILES string of the molecule is COc1ccc2nc(C)c(OCCN3CC[CH]CC3C(N)=O)nc2c1. The standard InChI is InChI=1S/C18H23N4O3/c1-12-18(21-15-11-13(24-2)6-7-14(15)20-12)25-10-9-22-8-4-3-5-16(22)17(19)23/h3,6-7,11,16H,4-5,8-10H2,1-2H3,(H2,19,23). The summed E-state index contributed by atoms with van der Waals surface area (Å²) in [5, 5.41) is 0. The van der Waals surface area contributed by atoms with E-state index >= 15 is 0 Å². The van der Waals surface area contributed by atoms with Gasteiger partial charge in [0.15, 0.2) is 0 Å². The number of amides is 1. The van der Waals surface area contributed by atoms with Crippen molar-refractivity contribution < 1.29 is 14.3 Å².